The van der Waals surface area contributed by atoms with Gasteiger partial charge in [-0.1, -0.05) is 42.1 Å². The maximum atomic E-state index is 6.13. The van der Waals surface area contributed by atoms with Gasteiger partial charge in [0.15, 0.2) is 0 Å². The number of rotatable bonds is 7. The summed E-state index contributed by atoms with van der Waals surface area (Å²) >= 11 is 2.89. The van der Waals surface area contributed by atoms with Crippen LogP contribution in [-0.2, 0) is 11.3 Å². The number of benzene rings is 1. The summed E-state index contributed by atoms with van der Waals surface area (Å²) in [6.07, 6.45) is 3.48. The zero-order valence-corrected chi connectivity index (χ0v) is 18.3. The molecular formula is C22H20N4O3S2. The zero-order chi connectivity index (χ0) is 20.9. The first-order valence-electron chi connectivity index (χ1n) is 9.90. The molecule has 4 heterocycles. The van der Waals surface area contributed by atoms with Crippen LogP contribution in [0.15, 0.2) is 75.3 Å². The first kappa shape index (κ1) is 20.0. The number of furan rings is 1. The molecule has 1 aliphatic rings. The third kappa shape index (κ3) is 4.90. The molecule has 0 spiro atoms. The molecule has 7 nitrogen and oxygen atoms in total. The fourth-order valence-corrected chi connectivity index (χ4v) is 4.76. The average Bonchev–Trinajstić information content (AvgIpc) is 3.52. The first-order chi connectivity index (χ1) is 15.3. The highest BCUT2D eigenvalue weighted by Gasteiger charge is 2.18. The SMILES string of the molecule is c1ccc(COc2nc(N3CCOCC3)ncc2Sc2cc(-c3ccco3)sn2)cc1. The lowest BCUT2D eigenvalue weighted by Gasteiger charge is -2.27. The lowest BCUT2D eigenvalue weighted by Crippen LogP contribution is -2.37. The van der Waals surface area contributed by atoms with Crippen LogP contribution in [0.2, 0.25) is 0 Å². The van der Waals surface area contributed by atoms with Gasteiger partial charge in [-0.3, -0.25) is 0 Å². The Kier molecular flexibility index (Phi) is 6.15. The summed E-state index contributed by atoms with van der Waals surface area (Å²) in [6, 6.07) is 15.9. The Labute approximate surface area is 188 Å². The summed E-state index contributed by atoms with van der Waals surface area (Å²) in [5.74, 6) is 2.02. The van der Waals surface area contributed by atoms with Crippen molar-refractivity contribution in [2.24, 2.45) is 0 Å². The van der Waals surface area contributed by atoms with E-state index in [0.717, 1.165) is 39.2 Å². The molecule has 9 heteroatoms. The van der Waals surface area contributed by atoms with E-state index in [9.17, 15) is 0 Å². The van der Waals surface area contributed by atoms with Crippen molar-refractivity contribution < 1.29 is 13.9 Å². The van der Waals surface area contributed by atoms with Crippen molar-refractivity contribution >= 4 is 29.2 Å². The summed E-state index contributed by atoms with van der Waals surface area (Å²) in [5, 5.41) is 0.851. The molecule has 0 unspecified atom stereocenters. The molecule has 1 aromatic carbocycles. The summed E-state index contributed by atoms with van der Waals surface area (Å²) in [6.45, 7) is 3.32. The third-order valence-electron chi connectivity index (χ3n) is 4.69. The van der Waals surface area contributed by atoms with Gasteiger partial charge in [-0.2, -0.15) is 9.36 Å². The van der Waals surface area contributed by atoms with Gasteiger partial charge < -0.3 is 18.8 Å². The molecule has 5 rings (SSSR count). The zero-order valence-electron chi connectivity index (χ0n) is 16.6. The van der Waals surface area contributed by atoms with Crippen LogP contribution in [0.5, 0.6) is 5.88 Å². The molecule has 1 fully saturated rings. The fourth-order valence-electron chi connectivity index (χ4n) is 3.12. The molecule has 1 aliphatic heterocycles. The highest BCUT2D eigenvalue weighted by molar-refractivity contribution is 7.99. The van der Waals surface area contributed by atoms with E-state index < -0.39 is 0 Å². The number of hydrogen-bond acceptors (Lipinski definition) is 9. The number of ether oxygens (including phenoxy) is 2. The molecule has 0 bridgehead atoms. The highest BCUT2D eigenvalue weighted by Crippen LogP contribution is 2.37. The number of hydrogen-bond donors (Lipinski definition) is 0. The number of morpholine rings is 1. The topological polar surface area (TPSA) is 73.5 Å². The van der Waals surface area contributed by atoms with Gasteiger partial charge in [0.1, 0.15) is 17.4 Å². The van der Waals surface area contributed by atoms with Crippen molar-refractivity contribution in [1.82, 2.24) is 14.3 Å². The quantitative estimate of drug-likeness (QED) is 0.397. The smallest absolute Gasteiger partial charge is 0.233 e. The van der Waals surface area contributed by atoms with E-state index in [0.29, 0.717) is 31.6 Å². The van der Waals surface area contributed by atoms with Gasteiger partial charge in [0.25, 0.3) is 0 Å². The second-order valence-electron chi connectivity index (χ2n) is 6.82. The van der Waals surface area contributed by atoms with E-state index in [4.69, 9.17) is 18.9 Å². The molecule has 3 aromatic heterocycles. The summed E-state index contributed by atoms with van der Waals surface area (Å²) in [4.78, 5) is 13.2. The van der Waals surface area contributed by atoms with Gasteiger partial charge >= 0.3 is 0 Å². The predicted octanol–water partition coefficient (Wildman–Crippen LogP) is 4.76. The molecule has 1 saturated heterocycles. The number of anilines is 1. The molecule has 0 aliphatic carbocycles. The standard InChI is InChI=1S/C22H20N4O3S2/c1-2-5-16(6-3-1)15-29-21-19(14-23-22(24-21)26-8-11-27-12-9-26)30-20-13-18(31-25-20)17-7-4-10-28-17/h1-7,10,13-14H,8-9,11-12,15H2. The second-order valence-corrected chi connectivity index (χ2v) is 8.69. The van der Waals surface area contributed by atoms with E-state index in [1.54, 1.807) is 6.26 Å². The Morgan fingerprint density at radius 1 is 1.10 bits per heavy atom. The van der Waals surface area contributed by atoms with Crippen LogP contribution < -0.4 is 9.64 Å². The molecule has 31 heavy (non-hydrogen) atoms. The Bertz CT molecular complexity index is 1110. The molecular weight excluding hydrogens is 432 g/mol. The lowest BCUT2D eigenvalue weighted by atomic mass is 10.2. The van der Waals surface area contributed by atoms with E-state index in [-0.39, 0.29) is 0 Å². The van der Waals surface area contributed by atoms with Crippen LogP contribution in [0.3, 0.4) is 0 Å². The van der Waals surface area contributed by atoms with E-state index in [1.807, 2.05) is 54.7 Å². The van der Waals surface area contributed by atoms with Crippen molar-refractivity contribution in [2.75, 3.05) is 31.2 Å². The number of nitrogens with zero attached hydrogens (tertiary/aromatic N) is 4. The van der Waals surface area contributed by atoms with E-state index in [1.165, 1.54) is 23.3 Å². The predicted molar refractivity (Wildman–Crippen MR) is 120 cm³/mol. The molecule has 0 amide bonds. The minimum absolute atomic E-state index is 0.433. The Morgan fingerprint density at radius 3 is 2.77 bits per heavy atom. The van der Waals surface area contributed by atoms with Crippen molar-refractivity contribution in [3.8, 4) is 16.5 Å². The summed E-state index contributed by atoms with van der Waals surface area (Å²) in [7, 11) is 0. The summed E-state index contributed by atoms with van der Waals surface area (Å²) in [5.41, 5.74) is 1.08. The van der Waals surface area contributed by atoms with E-state index in [2.05, 4.69) is 14.3 Å². The normalized spacial score (nSPS) is 14.0. The third-order valence-corrected chi connectivity index (χ3v) is 6.53. The molecule has 0 saturated carbocycles. The van der Waals surface area contributed by atoms with Crippen molar-refractivity contribution in [3.63, 3.8) is 0 Å². The Balaban J connectivity index is 1.39. The van der Waals surface area contributed by atoms with Gasteiger partial charge in [-0.15, -0.1) is 0 Å². The monoisotopic (exact) mass is 452 g/mol. The lowest BCUT2D eigenvalue weighted by molar-refractivity contribution is 0.122. The van der Waals surface area contributed by atoms with Gasteiger partial charge in [-0.25, -0.2) is 4.98 Å². The van der Waals surface area contributed by atoms with Crippen LogP contribution in [0.4, 0.5) is 5.95 Å². The van der Waals surface area contributed by atoms with Gasteiger partial charge in [-0.05, 0) is 35.3 Å². The molecule has 4 aromatic rings. The van der Waals surface area contributed by atoms with Crippen LogP contribution in [0, 0.1) is 0 Å². The van der Waals surface area contributed by atoms with E-state index >= 15 is 0 Å². The van der Waals surface area contributed by atoms with Crippen molar-refractivity contribution in [3.05, 3.63) is 66.6 Å². The minimum atomic E-state index is 0.433. The highest BCUT2D eigenvalue weighted by atomic mass is 32.2. The van der Waals surface area contributed by atoms with Crippen LogP contribution in [-0.4, -0.2) is 40.6 Å². The van der Waals surface area contributed by atoms with Crippen LogP contribution >= 0.6 is 23.3 Å². The Hall–Kier alpha value is -2.88. The van der Waals surface area contributed by atoms with Gasteiger partial charge in [0.05, 0.1) is 35.4 Å². The average molecular weight is 453 g/mol. The largest absolute Gasteiger partial charge is 0.472 e. The maximum Gasteiger partial charge on any atom is 0.233 e. The minimum Gasteiger partial charge on any atom is -0.472 e. The van der Waals surface area contributed by atoms with Crippen LogP contribution in [0.25, 0.3) is 10.6 Å². The van der Waals surface area contributed by atoms with Crippen LogP contribution in [0.1, 0.15) is 5.56 Å². The Morgan fingerprint density at radius 2 is 1.97 bits per heavy atom. The molecule has 0 radical (unpaired) electrons. The summed E-state index contributed by atoms with van der Waals surface area (Å²) < 4.78 is 21.6. The maximum absolute atomic E-state index is 6.13. The van der Waals surface area contributed by atoms with Gasteiger partial charge in [0.2, 0.25) is 11.8 Å². The first-order valence-corrected chi connectivity index (χ1v) is 11.5. The molecule has 0 atom stereocenters. The molecule has 0 N–H and O–H groups in total. The fraction of sp³-hybridized carbons (Fsp3) is 0.227. The van der Waals surface area contributed by atoms with Crippen molar-refractivity contribution in [1.29, 1.82) is 0 Å². The second kappa shape index (κ2) is 9.51. The van der Waals surface area contributed by atoms with Crippen molar-refractivity contribution in [2.45, 2.75) is 16.5 Å². The van der Waals surface area contributed by atoms with Gasteiger partial charge in [0, 0.05) is 13.1 Å². The molecule has 158 valence electrons. The number of aromatic nitrogens is 3.